The highest BCUT2D eigenvalue weighted by Gasteiger charge is 2.25. The Bertz CT molecular complexity index is 765. The summed E-state index contributed by atoms with van der Waals surface area (Å²) in [6, 6.07) is 16.7. The predicted molar refractivity (Wildman–Crippen MR) is 119 cm³/mol. The average molecular weight is 461 g/mol. The quantitative estimate of drug-likeness (QED) is 0.511. The fraction of sp³-hybridized carbons (Fsp3) is 0.391. The molecule has 0 heterocycles. The van der Waals surface area contributed by atoms with E-state index in [9.17, 15) is 9.59 Å². The molecule has 0 saturated heterocycles. The standard InChI is InChI=1S/C23H29BrN2O3/c1-3-4-15-25-23(28)18(2)26(16-14-19-8-6-5-7-9-19)22(27)17-29-21-12-10-20(24)11-13-21/h5-13,18H,3-4,14-17H2,1-2H3,(H,25,28)/t18-/m1/s1. The van der Waals surface area contributed by atoms with Crippen molar-refractivity contribution in [3.8, 4) is 5.75 Å². The van der Waals surface area contributed by atoms with Crippen molar-refractivity contribution in [1.82, 2.24) is 10.2 Å². The van der Waals surface area contributed by atoms with Gasteiger partial charge in [0.1, 0.15) is 11.8 Å². The van der Waals surface area contributed by atoms with E-state index >= 15 is 0 Å². The number of rotatable bonds is 11. The molecule has 1 atom stereocenters. The van der Waals surface area contributed by atoms with Crippen LogP contribution in [0.3, 0.4) is 0 Å². The summed E-state index contributed by atoms with van der Waals surface area (Å²) in [6.07, 6.45) is 2.60. The van der Waals surface area contributed by atoms with Gasteiger partial charge in [-0.1, -0.05) is 59.6 Å². The second-order valence-electron chi connectivity index (χ2n) is 6.89. The van der Waals surface area contributed by atoms with Gasteiger partial charge in [-0.2, -0.15) is 0 Å². The SMILES string of the molecule is CCCCNC(=O)[C@@H](C)N(CCc1ccccc1)C(=O)COc1ccc(Br)cc1. The van der Waals surface area contributed by atoms with Gasteiger partial charge in [-0.3, -0.25) is 9.59 Å². The van der Waals surface area contributed by atoms with E-state index < -0.39 is 6.04 Å². The number of amides is 2. The lowest BCUT2D eigenvalue weighted by Crippen LogP contribution is -2.50. The molecule has 2 rings (SSSR count). The molecule has 0 fully saturated rings. The first kappa shape index (κ1) is 22.9. The Kier molecular flexibility index (Phi) is 9.71. The smallest absolute Gasteiger partial charge is 0.261 e. The van der Waals surface area contributed by atoms with Gasteiger partial charge in [-0.25, -0.2) is 0 Å². The molecule has 0 aliphatic rings. The average Bonchev–Trinajstić information content (AvgIpc) is 2.74. The summed E-state index contributed by atoms with van der Waals surface area (Å²) in [6.45, 7) is 4.81. The summed E-state index contributed by atoms with van der Waals surface area (Å²) < 4.78 is 6.58. The predicted octanol–water partition coefficient (Wildman–Crippen LogP) is 4.20. The molecule has 2 aromatic carbocycles. The van der Waals surface area contributed by atoms with Gasteiger partial charge in [-0.05, 0) is 49.6 Å². The molecular formula is C23H29BrN2O3. The molecule has 2 amide bonds. The molecule has 0 aliphatic heterocycles. The van der Waals surface area contributed by atoms with Gasteiger partial charge >= 0.3 is 0 Å². The van der Waals surface area contributed by atoms with E-state index in [1.807, 2.05) is 42.5 Å². The molecule has 0 bridgehead atoms. The van der Waals surface area contributed by atoms with Crippen LogP contribution in [0.25, 0.3) is 0 Å². The van der Waals surface area contributed by atoms with Crippen LogP contribution in [0, 0.1) is 0 Å². The first-order valence-corrected chi connectivity index (χ1v) is 10.8. The molecule has 0 radical (unpaired) electrons. The lowest BCUT2D eigenvalue weighted by molar-refractivity contribution is -0.141. The lowest BCUT2D eigenvalue weighted by Gasteiger charge is -2.28. The van der Waals surface area contributed by atoms with Crippen molar-refractivity contribution >= 4 is 27.7 Å². The first-order valence-electron chi connectivity index (χ1n) is 10.0. The molecule has 1 N–H and O–H groups in total. The minimum Gasteiger partial charge on any atom is -0.484 e. The van der Waals surface area contributed by atoms with E-state index in [4.69, 9.17) is 4.74 Å². The highest BCUT2D eigenvalue weighted by atomic mass is 79.9. The molecular weight excluding hydrogens is 432 g/mol. The third-order valence-corrected chi connectivity index (χ3v) is 5.19. The molecule has 6 heteroatoms. The Hall–Kier alpha value is -2.34. The van der Waals surface area contributed by atoms with E-state index in [1.54, 1.807) is 24.0 Å². The van der Waals surface area contributed by atoms with Crippen LogP contribution in [0.2, 0.25) is 0 Å². The lowest BCUT2D eigenvalue weighted by atomic mass is 10.1. The Morgan fingerprint density at radius 1 is 1.10 bits per heavy atom. The number of hydrogen-bond acceptors (Lipinski definition) is 3. The topological polar surface area (TPSA) is 58.6 Å². The van der Waals surface area contributed by atoms with Crippen molar-refractivity contribution in [2.75, 3.05) is 19.7 Å². The van der Waals surface area contributed by atoms with E-state index in [2.05, 4.69) is 28.2 Å². The summed E-state index contributed by atoms with van der Waals surface area (Å²) in [5.74, 6) is 0.273. The molecule has 2 aromatic rings. The summed E-state index contributed by atoms with van der Waals surface area (Å²) in [5.41, 5.74) is 1.12. The van der Waals surface area contributed by atoms with Crippen molar-refractivity contribution in [3.05, 3.63) is 64.6 Å². The first-order chi connectivity index (χ1) is 14.0. The molecule has 29 heavy (non-hydrogen) atoms. The molecule has 0 unspecified atom stereocenters. The van der Waals surface area contributed by atoms with Crippen molar-refractivity contribution in [1.29, 1.82) is 0 Å². The highest BCUT2D eigenvalue weighted by Crippen LogP contribution is 2.16. The molecule has 5 nitrogen and oxygen atoms in total. The number of unbranched alkanes of at least 4 members (excludes halogenated alkanes) is 1. The number of nitrogens with zero attached hydrogens (tertiary/aromatic N) is 1. The molecule has 156 valence electrons. The summed E-state index contributed by atoms with van der Waals surface area (Å²) >= 11 is 3.38. The van der Waals surface area contributed by atoms with Crippen molar-refractivity contribution in [2.45, 2.75) is 39.2 Å². The maximum atomic E-state index is 12.9. The zero-order chi connectivity index (χ0) is 21.1. The summed E-state index contributed by atoms with van der Waals surface area (Å²) in [7, 11) is 0. The fourth-order valence-corrected chi connectivity index (χ4v) is 3.13. The Morgan fingerprint density at radius 3 is 2.45 bits per heavy atom. The normalized spacial score (nSPS) is 11.6. The number of halogens is 1. The Balaban J connectivity index is 2.01. The van der Waals surface area contributed by atoms with E-state index in [0.717, 1.165) is 22.9 Å². The number of carbonyl (C=O) groups excluding carboxylic acids is 2. The number of benzene rings is 2. The maximum absolute atomic E-state index is 12.9. The van der Waals surface area contributed by atoms with Crippen LogP contribution in [0.15, 0.2) is 59.1 Å². The van der Waals surface area contributed by atoms with Crippen LogP contribution in [-0.4, -0.2) is 42.5 Å². The number of nitrogens with one attached hydrogen (secondary N) is 1. The second kappa shape index (κ2) is 12.3. The monoisotopic (exact) mass is 460 g/mol. The van der Waals surface area contributed by atoms with Crippen LogP contribution in [0.5, 0.6) is 5.75 Å². The van der Waals surface area contributed by atoms with E-state index in [1.165, 1.54) is 0 Å². The van der Waals surface area contributed by atoms with Gasteiger partial charge in [0.25, 0.3) is 5.91 Å². The van der Waals surface area contributed by atoms with Gasteiger partial charge < -0.3 is 15.0 Å². The fourth-order valence-electron chi connectivity index (χ4n) is 2.86. The molecule has 0 spiro atoms. The number of carbonyl (C=O) groups is 2. The molecule has 0 aliphatic carbocycles. The van der Waals surface area contributed by atoms with Gasteiger partial charge in [0, 0.05) is 17.6 Å². The molecule has 0 saturated carbocycles. The Morgan fingerprint density at radius 2 is 1.79 bits per heavy atom. The highest BCUT2D eigenvalue weighted by molar-refractivity contribution is 9.10. The van der Waals surface area contributed by atoms with Gasteiger partial charge in [0.05, 0.1) is 0 Å². The van der Waals surface area contributed by atoms with Gasteiger partial charge in [-0.15, -0.1) is 0 Å². The van der Waals surface area contributed by atoms with Crippen LogP contribution >= 0.6 is 15.9 Å². The summed E-state index contributed by atoms with van der Waals surface area (Å²) in [4.78, 5) is 27.0. The Labute approximate surface area is 181 Å². The minimum absolute atomic E-state index is 0.108. The van der Waals surface area contributed by atoms with E-state index in [-0.39, 0.29) is 18.4 Å². The van der Waals surface area contributed by atoms with Crippen molar-refractivity contribution in [2.24, 2.45) is 0 Å². The third kappa shape index (κ3) is 7.89. The van der Waals surface area contributed by atoms with Crippen molar-refractivity contribution in [3.63, 3.8) is 0 Å². The zero-order valence-electron chi connectivity index (χ0n) is 17.1. The van der Waals surface area contributed by atoms with Crippen LogP contribution in [0.4, 0.5) is 0 Å². The van der Waals surface area contributed by atoms with Crippen LogP contribution in [-0.2, 0) is 16.0 Å². The summed E-state index contributed by atoms with van der Waals surface area (Å²) in [5, 5.41) is 2.92. The van der Waals surface area contributed by atoms with E-state index in [0.29, 0.717) is 25.3 Å². The molecule has 0 aromatic heterocycles. The number of ether oxygens (including phenoxy) is 1. The third-order valence-electron chi connectivity index (χ3n) is 4.66. The van der Waals surface area contributed by atoms with Crippen LogP contribution in [0.1, 0.15) is 32.3 Å². The largest absolute Gasteiger partial charge is 0.484 e. The minimum atomic E-state index is -0.559. The van der Waals surface area contributed by atoms with Gasteiger partial charge in [0.15, 0.2) is 6.61 Å². The van der Waals surface area contributed by atoms with Crippen LogP contribution < -0.4 is 10.1 Å². The number of hydrogen-bond donors (Lipinski definition) is 1. The second-order valence-corrected chi connectivity index (χ2v) is 7.80. The maximum Gasteiger partial charge on any atom is 0.261 e. The van der Waals surface area contributed by atoms with Gasteiger partial charge in [0.2, 0.25) is 5.91 Å². The zero-order valence-corrected chi connectivity index (χ0v) is 18.7. The van der Waals surface area contributed by atoms with Crippen molar-refractivity contribution < 1.29 is 14.3 Å².